The van der Waals surface area contributed by atoms with E-state index in [0.717, 1.165) is 32.5 Å². The first-order chi connectivity index (χ1) is 8.60. The van der Waals surface area contributed by atoms with Crippen molar-refractivity contribution in [3.63, 3.8) is 0 Å². The van der Waals surface area contributed by atoms with Gasteiger partial charge in [-0.05, 0) is 40.9 Å². The van der Waals surface area contributed by atoms with E-state index in [1.54, 1.807) is 11.3 Å². The van der Waals surface area contributed by atoms with Gasteiger partial charge in [-0.3, -0.25) is 0 Å². The fourth-order valence-electron chi connectivity index (χ4n) is 1.58. The third-order valence-electron chi connectivity index (χ3n) is 2.49. The van der Waals surface area contributed by atoms with E-state index in [1.807, 2.05) is 18.2 Å². The quantitative estimate of drug-likeness (QED) is 0.897. The highest BCUT2D eigenvalue weighted by Crippen LogP contribution is 2.30. The van der Waals surface area contributed by atoms with E-state index >= 15 is 0 Å². The Morgan fingerprint density at radius 2 is 2.11 bits per heavy atom. The molecular weight excluding hydrogens is 310 g/mol. The second-order valence-corrected chi connectivity index (χ2v) is 6.75. The van der Waals surface area contributed by atoms with Crippen LogP contribution in [0.3, 0.4) is 0 Å². The molecule has 3 nitrogen and oxygen atoms in total. The second-order valence-electron chi connectivity index (χ2n) is 4.29. The number of hydrogen-bond acceptors (Lipinski definition) is 4. The number of nitrogens with one attached hydrogen (secondary N) is 1. The summed E-state index contributed by atoms with van der Waals surface area (Å²) in [5.41, 5.74) is 1.07. The molecule has 1 N–H and O–H groups in total. The van der Waals surface area contributed by atoms with Crippen molar-refractivity contribution in [2.45, 2.75) is 26.7 Å². The van der Waals surface area contributed by atoms with Crippen LogP contribution in [-0.2, 0) is 0 Å². The lowest BCUT2D eigenvalue weighted by molar-refractivity contribution is 0.817. The smallest absolute Gasteiger partial charge is 0.171 e. The molecule has 0 saturated heterocycles. The average Bonchev–Trinajstić information content (AvgIpc) is 2.76. The molecule has 0 aliphatic rings. The molecule has 0 radical (unpaired) electrons. The molecule has 0 aliphatic heterocycles. The van der Waals surface area contributed by atoms with Crippen LogP contribution < -0.4 is 5.32 Å². The minimum Gasteiger partial charge on any atom is -0.370 e. The van der Waals surface area contributed by atoms with Gasteiger partial charge in [0.25, 0.3) is 0 Å². The Labute approximate surface area is 120 Å². The molecule has 0 unspecified atom stereocenters. The van der Waals surface area contributed by atoms with E-state index in [0.29, 0.717) is 5.92 Å². The maximum Gasteiger partial charge on any atom is 0.171 e. The minimum absolute atomic E-state index is 0.396. The lowest BCUT2D eigenvalue weighted by Gasteiger charge is -2.10. The van der Waals surface area contributed by atoms with E-state index in [4.69, 9.17) is 0 Å². The predicted molar refractivity (Wildman–Crippen MR) is 81.3 cm³/mol. The van der Waals surface area contributed by atoms with Crippen LogP contribution in [0.4, 0.5) is 5.82 Å². The van der Waals surface area contributed by atoms with Gasteiger partial charge in [0.2, 0.25) is 0 Å². The fraction of sp³-hybridized carbons (Fsp3) is 0.385. The number of hydrogen-bond donors (Lipinski definition) is 1. The molecule has 0 bridgehead atoms. The molecular formula is C13H16BrN3S. The monoisotopic (exact) mass is 325 g/mol. The molecule has 2 heterocycles. The zero-order valence-electron chi connectivity index (χ0n) is 10.7. The zero-order valence-corrected chi connectivity index (χ0v) is 13.1. The Morgan fingerprint density at radius 3 is 2.67 bits per heavy atom. The van der Waals surface area contributed by atoms with Crippen molar-refractivity contribution in [1.29, 1.82) is 0 Å². The van der Waals surface area contributed by atoms with Crippen molar-refractivity contribution >= 4 is 33.1 Å². The Bertz CT molecular complexity index is 537. The number of halogens is 1. The van der Waals surface area contributed by atoms with Crippen LogP contribution in [0.25, 0.3) is 10.7 Å². The molecule has 96 valence electrons. The van der Waals surface area contributed by atoms with Crippen LogP contribution in [-0.4, -0.2) is 16.5 Å². The molecule has 18 heavy (non-hydrogen) atoms. The van der Waals surface area contributed by atoms with E-state index in [1.165, 1.54) is 0 Å². The molecule has 2 rings (SSSR count). The maximum absolute atomic E-state index is 4.64. The summed E-state index contributed by atoms with van der Waals surface area (Å²) in [5, 5.41) is 3.26. The van der Waals surface area contributed by atoms with Gasteiger partial charge < -0.3 is 5.32 Å². The standard InChI is InChI=1S/C13H16BrN3S/c1-4-15-12-7-9(8(2)3)16-13(17-12)10-5-6-11(14)18-10/h5-8H,4H2,1-3H3,(H,15,16,17). The SMILES string of the molecule is CCNc1cc(C(C)C)nc(-c2ccc(Br)s2)n1. The molecule has 5 heteroatoms. The van der Waals surface area contributed by atoms with E-state index < -0.39 is 0 Å². The molecule has 0 fully saturated rings. The van der Waals surface area contributed by atoms with Gasteiger partial charge in [0.15, 0.2) is 5.82 Å². The average molecular weight is 326 g/mol. The highest BCUT2D eigenvalue weighted by Gasteiger charge is 2.10. The number of rotatable bonds is 4. The molecule has 0 amide bonds. The van der Waals surface area contributed by atoms with E-state index in [-0.39, 0.29) is 0 Å². The summed E-state index contributed by atoms with van der Waals surface area (Å²) in [5.74, 6) is 2.09. The van der Waals surface area contributed by atoms with Crippen molar-refractivity contribution in [3.05, 3.63) is 27.7 Å². The summed E-state index contributed by atoms with van der Waals surface area (Å²) in [6.45, 7) is 7.22. The zero-order chi connectivity index (χ0) is 13.1. The topological polar surface area (TPSA) is 37.8 Å². The molecule has 2 aromatic rings. The summed E-state index contributed by atoms with van der Waals surface area (Å²) in [7, 11) is 0. The Hall–Kier alpha value is -0.940. The normalized spacial score (nSPS) is 10.9. The molecule has 0 spiro atoms. The van der Waals surface area contributed by atoms with Crippen molar-refractivity contribution in [2.24, 2.45) is 0 Å². The first-order valence-corrected chi connectivity index (χ1v) is 7.59. The first-order valence-electron chi connectivity index (χ1n) is 5.98. The van der Waals surface area contributed by atoms with Gasteiger partial charge in [-0.2, -0.15) is 0 Å². The van der Waals surface area contributed by atoms with Crippen molar-refractivity contribution < 1.29 is 0 Å². The van der Waals surface area contributed by atoms with E-state index in [2.05, 4.69) is 52.0 Å². The highest BCUT2D eigenvalue weighted by molar-refractivity contribution is 9.11. The largest absolute Gasteiger partial charge is 0.370 e. The minimum atomic E-state index is 0.396. The molecule has 2 aromatic heterocycles. The lowest BCUT2D eigenvalue weighted by atomic mass is 10.1. The summed E-state index contributed by atoms with van der Waals surface area (Å²) < 4.78 is 1.10. The number of anilines is 1. The number of nitrogens with zero attached hydrogens (tertiary/aromatic N) is 2. The Kier molecular flexibility index (Phi) is 4.35. The van der Waals surface area contributed by atoms with Crippen LogP contribution in [0.5, 0.6) is 0 Å². The Balaban J connectivity index is 2.45. The second kappa shape index (κ2) is 5.80. The molecule has 0 aliphatic carbocycles. The summed E-state index contributed by atoms with van der Waals surface area (Å²) >= 11 is 5.13. The van der Waals surface area contributed by atoms with Gasteiger partial charge in [-0.25, -0.2) is 9.97 Å². The van der Waals surface area contributed by atoms with Crippen molar-refractivity contribution in [1.82, 2.24) is 9.97 Å². The Morgan fingerprint density at radius 1 is 1.33 bits per heavy atom. The summed E-state index contributed by atoms with van der Waals surface area (Å²) in [4.78, 5) is 10.3. The van der Waals surface area contributed by atoms with Crippen LogP contribution in [0.1, 0.15) is 32.4 Å². The number of thiophene rings is 1. The fourth-order valence-corrected chi connectivity index (χ4v) is 2.90. The van der Waals surface area contributed by atoms with Crippen LogP contribution in [0.2, 0.25) is 0 Å². The van der Waals surface area contributed by atoms with Gasteiger partial charge in [0.1, 0.15) is 5.82 Å². The van der Waals surface area contributed by atoms with Gasteiger partial charge in [-0.15, -0.1) is 11.3 Å². The van der Waals surface area contributed by atoms with Crippen molar-refractivity contribution in [3.8, 4) is 10.7 Å². The van der Waals surface area contributed by atoms with Crippen LogP contribution >= 0.6 is 27.3 Å². The van der Waals surface area contributed by atoms with E-state index in [9.17, 15) is 0 Å². The van der Waals surface area contributed by atoms with Crippen LogP contribution in [0.15, 0.2) is 22.0 Å². The molecule has 0 atom stereocenters. The molecule has 0 aromatic carbocycles. The lowest BCUT2D eigenvalue weighted by Crippen LogP contribution is -2.04. The summed E-state index contributed by atoms with van der Waals surface area (Å²) in [6, 6.07) is 6.10. The first kappa shape index (κ1) is 13.5. The highest BCUT2D eigenvalue weighted by atomic mass is 79.9. The van der Waals surface area contributed by atoms with Crippen LogP contribution in [0, 0.1) is 0 Å². The third kappa shape index (κ3) is 3.09. The molecule has 0 saturated carbocycles. The van der Waals surface area contributed by atoms with Gasteiger partial charge in [0.05, 0.1) is 8.66 Å². The van der Waals surface area contributed by atoms with Gasteiger partial charge >= 0.3 is 0 Å². The summed E-state index contributed by atoms with van der Waals surface area (Å²) in [6.07, 6.45) is 0. The van der Waals surface area contributed by atoms with Gasteiger partial charge in [0, 0.05) is 18.3 Å². The predicted octanol–water partition coefficient (Wildman–Crippen LogP) is 4.52. The maximum atomic E-state index is 4.64. The third-order valence-corrected chi connectivity index (χ3v) is 4.11. The number of aromatic nitrogens is 2. The van der Waals surface area contributed by atoms with Gasteiger partial charge in [-0.1, -0.05) is 13.8 Å². The van der Waals surface area contributed by atoms with Crippen molar-refractivity contribution in [2.75, 3.05) is 11.9 Å².